The fraction of sp³-hybridized carbons (Fsp3) is 0.333. The van der Waals surface area contributed by atoms with E-state index in [1.807, 2.05) is 16.7 Å². The fourth-order valence-electron chi connectivity index (χ4n) is 3.97. The van der Waals surface area contributed by atoms with E-state index < -0.39 is 28.5 Å². The maximum Gasteiger partial charge on any atom is 0.329 e. The second-order valence-corrected chi connectivity index (χ2v) is 10.4. The molecule has 3 aromatic heterocycles. The lowest BCUT2D eigenvalue weighted by atomic mass is 10.2. The number of pyridine rings is 1. The first-order valence-corrected chi connectivity index (χ1v) is 12.3. The van der Waals surface area contributed by atoms with Crippen LogP contribution in [-0.4, -0.2) is 45.5 Å². The molecule has 0 radical (unpaired) electrons. The van der Waals surface area contributed by atoms with Crippen molar-refractivity contribution < 1.29 is 17.2 Å². The molecule has 0 fully saturated rings. The zero-order chi connectivity index (χ0) is 23.0. The summed E-state index contributed by atoms with van der Waals surface area (Å²) < 4.78 is 53.7. The lowest BCUT2D eigenvalue weighted by Gasteiger charge is -2.11. The van der Waals surface area contributed by atoms with Gasteiger partial charge in [0.1, 0.15) is 9.84 Å². The van der Waals surface area contributed by atoms with Gasteiger partial charge in [-0.15, -0.1) is 0 Å². The summed E-state index contributed by atoms with van der Waals surface area (Å²) >= 11 is 6.13. The Labute approximate surface area is 187 Å². The minimum Gasteiger partial charge on any atom is -0.343 e. The highest BCUT2D eigenvalue weighted by Gasteiger charge is 2.19. The van der Waals surface area contributed by atoms with Gasteiger partial charge in [-0.25, -0.2) is 22.0 Å². The van der Waals surface area contributed by atoms with Gasteiger partial charge in [0.05, 0.1) is 36.1 Å². The summed E-state index contributed by atoms with van der Waals surface area (Å²) in [5.74, 6) is 0.0251. The van der Waals surface area contributed by atoms with Crippen LogP contribution in [0.25, 0.3) is 21.9 Å². The van der Waals surface area contributed by atoms with E-state index in [9.17, 15) is 22.0 Å². The number of sulfone groups is 1. The van der Waals surface area contributed by atoms with Gasteiger partial charge in [-0.3, -0.25) is 14.1 Å². The normalized spacial score (nSPS) is 12.4. The Morgan fingerprint density at radius 1 is 1.06 bits per heavy atom. The zero-order valence-corrected chi connectivity index (χ0v) is 18.8. The molecule has 0 atom stereocenters. The van der Waals surface area contributed by atoms with Gasteiger partial charge in [-0.05, 0) is 36.8 Å². The topological polar surface area (TPSA) is 78.9 Å². The second kappa shape index (κ2) is 8.67. The van der Waals surface area contributed by atoms with Gasteiger partial charge in [0, 0.05) is 40.6 Å². The largest absolute Gasteiger partial charge is 0.343 e. The molecule has 0 spiro atoms. The predicted molar refractivity (Wildman–Crippen MR) is 120 cm³/mol. The molecule has 0 bridgehead atoms. The summed E-state index contributed by atoms with van der Waals surface area (Å²) in [5, 5.41) is 1.39. The minimum absolute atomic E-state index is 0.0251. The number of hydrogen-bond acceptors (Lipinski definition) is 4. The van der Waals surface area contributed by atoms with E-state index >= 15 is 0 Å². The number of hydrogen-bond donors (Lipinski definition) is 0. The van der Waals surface area contributed by atoms with Gasteiger partial charge in [-0.1, -0.05) is 11.6 Å². The number of aromatic nitrogens is 4. The molecule has 7 nitrogen and oxygen atoms in total. The molecular weight excluding hydrogens is 462 g/mol. The van der Waals surface area contributed by atoms with E-state index in [1.165, 1.54) is 29.3 Å². The molecule has 0 aliphatic carbocycles. The van der Waals surface area contributed by atoms with Crippen LogP contribution in [0.3, 0.4) is 0 Å². The van der Waals surface area contributed by atoms with Crippen molar-refractivity contribution in [3.05, 3.63) is 63.9 Å². The molecule has 0 aliphatic heterocycles. The summed E-state index contributed by atoms with van der Waals surface area (Å²) in [4.78, 5) is 17.1. The van der Waals surface area contributed by atoms with E-state index in [-0.39, 0.29) is 12.3 Å². The minimum atomic E-state index is -3.13. The molecule has 11 heteroatoms. The molecule has 0 N–H and O–H groups in total. The number of halogens is 3. The van der Waals surface area contributed by atoms with Crippen LogP contribution < -0.4 is 5.69 Å². The number of fused-ring (bicyclic) bond motifs is 2. The zero-order valence-electron chi connectivity index (χ0n) is 17.2. The van der Waals surface area contributed by atoms with Crippen molar-refractivity contribution in [1.29, 1.82) is 0 Å². The van der Waals surface area contributed by atoms with Gasteiger partial charge in [-0.2, -0.15) is 0 Å². The lowest BCUT2D eigenvalue weighted by Crippen LogP contribution is -2.27. The van der Waals surface area contributed by atoms with Crippen molar-refractivity contribution in [2.45, 2.75) is 32.5 Å². The highest BCUT2D eigenvalue weighted by Crippen LogP contribution is 2.25. The maximum absolute atomic E-state index is 13.1. The van der Waals surface area contributed by atoms with Crippen LogP contribution in [0, 0.1) is 0 Å². The Morgan fingerprint density at radius 2 is 1.84 bits per heavy atom. The van der Waals surface area contributed by atoms with Crippen LogP contribution in [0.15, 0.2) is 47.5 Å². The van der Waals surface area contributed by atoms with Crippen molar-refractivity contribution in [3.63, 3.8) is 0 Å². The van der Waals surface area contributed by atoms with E-state index in [1.54, 1.807) is 12.1 Å². The fourth-order valence-corrected chi connectivity index (χ4v) is 4.81. The SMILES string of the molecule is CS(=O)(=O)CCCn1c(Cn2c(=O)n(CC(F)F)c3ccncc32)cc2cc(Cl)ccc21. The Balaban J connectivity index is 1.81. The molecule has 0 saturated heterocycles. The molecule has 0 amide bonds. The standard InChI is InChI=1S/C21H21ClF2N4O3S/c1-32(30,31)8-2-7-26-16(10-14-9-15(22)3-4-17(14)26)12-27-19-11-25-6-5-18(19)28(21(27)29)13-20(23)24/h3-6,9-11,20H,2,7-8,12-13H2,1H3. The molecule has 170 valence electrons. The molecular formula is C21H21ClF2N4O3S. The van der Waals surface area contributed by atoms with Crippen LogP contribution in [0.2, 0.25) is 5.02 Å². The summed E-state index contributed by atoms with van der Waals surface area (Å²) in [6.07, 6.45) is 1.84. The highest BCUT2D eigenvalue weighted by atomic mass is 35.5. The third kappa shape index (κ3) is 4.56. The molecule has 3 heterocycles. The van der Waals surface area contributed by atoms with Crippen LogP contribution in [-0.2, 0) is 29.5 Å². The monoisotopic (exact) mass is 482 g/mol. The molecule has 4 aromatic rings. The van der Waals surface area contributed by atoms with Crippen molar-refractivity contribution in [2.75, 3.05) is 12.0 Å². The molecule has 0 unspecified atom stereocenters. The number of alkyl halides is 2. The van der Waals surface area contributed by atoms with Gasteiger partial charge >= 0.3 is 5.69 Å². The molecule has 32 heavy (non-hydrogen) atoms. The molecule has 0 aliphatic rings. The van der Waals surface area contributed by atoms with E-state index in [0.717, 1.165) is 21.2 Å². The summed E-state index contributed by atoms with van der Waals surface area (Å²) in [7, 11) is -3.13. The van der Waals surface area contributed by atoms with E-state index in [2.05, 4.69) is 4.98 Å². The van der Waals surface area contributed by atoms with Gasteiger partial charge in [0.2, 0.25) is 0 Å². The summed E-state index contributed by atoms with van der Waals surface area (Å²) in [6.45, 7) is -0.183. The van der Waals surface area contributed by atoms with Crippen molar-refractivity contribution in [1.82, 2.24) is 18.7 Å². The maximum atomic E-state index is 13.1. The highest BCUT2D eigenvalue weighted by molar-refractivity contribution is 7.90. The Bertz CT molecular complexity index is 1460. The Kier molecular flexibility index (Phi) is 6.09. The first-order valence-electron chi connectivity index (χ1n) is 9.90. The Hall–Kier alpha value is -2.72. The first-order chi connectivity index (χ1) is 15.1. The molecule has 4 rings (SSSR count). The third-order valence-corrected chi connectivity index (χ3v) is 6.57. The van der Waals surface area contributed by atoms with Crippen molar-refractivity contribution in [3.8, 4) is 0 Å². The number of rotatable bonds is 8. The smallest absolute Gasteiger partial charge is 0.329 e. The van der Waals surface area contributed by atoms with Crippen molar-refractivity contribution >= 4 is 43.4 Å². The van der Waals surface area contributed by atoms with Crippen LogP contribution >= 0.6 is 11.6 Å². The number of benzene rings is 1. The average molecular weight is 483 g/mol. The molecule has 1 aromatic carbocycles. The number of imidazole rings is 1. The first kappa shape index (κ1) is 22.5. The van der Waals surface area contributed by atoms with Gasteiger partial charge < -0.3 is 4.57 Å². The van der Waals surface area contributed by atoms with Crippen LogP contribution in [0.4, 0.5) is 8.78 Å². The lowest BCUT2D eigenvalue weighted by molar-refractivity contribution is 0.126. The van der Waals surface area contributed by atoms with Crippen LogP contribution in [0.5, 0.6) is 0 Å². The summed E-state index contributed by atoms with van der Waals surface area (Å²) in [6, 6.07) is 8.78. The van der Waals surface area contributed by atoms with Gasteiger partial charge in [0.25, 0.3) is 6.43 Å². The molecule has 0 saturated carbocycles. The number of nitrogens with zero attached hydrogens (tertiary/aromatic N) is 4. The van der Waals surface area contributed by atoms with Gasteiger partial charge in [0.15, 0.2) is 0 Å². The summed E-state index contributed by atoms with van der Waals surface area (Å²) in [5.41, 5.74) is 1.86. The second-order valence-electron chi connectivity index (χ2n) is 7.71. The van der Waals surface area contributed by atoms with E-state index in [4.69, 9.17) is 11.6 Å². The quantitative estimate of drug-likeness (QED) is 0.385. The predicted octanol–water partition coefficient (Wildman–Crippen LogP) is 3.55. The van der Waals surface area contributed by atoms with E-state index in [0.29, 0.717) is 29.0 Å². The number of aryl methyl sites for hydroxylation is 1. The third-order valence-electron chi connectivity index (χ3n) is 5.31. The van der Waals surface area contributed by atoms with Crippen molar-refractivity contribution in [2.24, 2.45) is 0 Å². The average Bonchev–Trinajstić information content (AvgIpc) is 3.17. The van der Waals surface area contributed by atoms with Crippen LogP contribution in [0.1, 0.15) is 12.1 Å². The Morgan fingerprint density at radius 3 is 2.56 bits per heavy atom.